The Morgan fingerprint density at radius 2 is 1.52 bits per heavy atom. The molecule has 2 aromatic rings. The summed E-state index contributed by atoms with van der Waals surface area (Å²) in [4.78, 5) is 34.4. The van der Waals surface area contributed by atoms with Crippen LogP contribution in [0.3, 0.4) is 0 Å². The number of carbonyl (C=O) groups excluding carboxylic acids is 2. The monoisotopic (exact) mass is 284 g/mol. The fourth-order valence-electron chi connectivity index (χ4n) is 2.37. The van der Waals surface area contributed by atoms with E-state index in [0.29, 0.717) is 6.07 Å². The third-order valence-electron chi connectivity index (χ3n) is 3.31. The first-order valence-corrected chi connectivity index (χ1v) is 5.83. The average Bonchev–Trinajstić information content (AvgIpc) is 2.46. The van der Waals surface area contributed by atoms with Crippen molar-refractivity contribution >= 4 is 17.3 Å². The number of phenolic OH excluding ortho intramolecular Hbond substituents is 1. The van der Waals surface area contributed by atoms with Gasteiger partial charge in [-0.25, -0.2) is 0 Å². The molecule has 1 N–H and O–H groups in total. The van der Waals surface area contributed by atoms with E-state index in [1.165, 1.54) is 24.3 Å². The van der Waals surface area contributed by atoms with Gasteiger partial charge in [0.1, 0.15) is 5.75 Å². The molecule has 0 radical (unpaired) electrons. The Labute approximate surface area is 117 Å². The zero-order valence-electron chi connectivity index (χ0n) is 10.3. The number of ketones is 2. The molecule has 7 heteroatoms. The summed E-state index contributed by atoms with van der Waals surface area (Å²) in [5.74, 6) is -3.42. The van der Waals surface area contributed by atoms with Crippen molar-refractivity contribution in [1.82, 2.24) is 0 Å². The number of nitrogens with zero attached hydrogens (tertiary/aromatic N) is 1. The molecule has 1 aliphatic rings. The first-order chi connectivity index (χ1) is 9.93. The maximum absolute atomic E-state index is 12.3. The van der Waals surface area contributed by atoms with Crippen LogP contribution in [0, 0.1) is 10.1 Å². The van der Waals surface area contributed by atoms with Gasteiger partial charge in [0, 0.05) is 16.7 Å². The summed E-state index contributed by atoms with van der Waals surface area (Å²) < 4.78 is 0. The summed E-state index contributed by atoms with van der Waals surface area (Å²) in [6, 6.07) is 6.39. The largest absolute Gasteiger partial charge is 0.867 e. The molecule has 0 bridgehead atoms. The number of rotatable bonds is 1. The predicted octanol–water partition coefficient (Wildman–Crippen LogP) is 1.15. The number of phenols is 1. The average molecular weight is 284 g/mol. The predicted molar refractivity (Wildman–Crippen MR) is 67.5 cm³/mol. The Hall–Kier alpha value is -3.22. The molecule has 21 heavy (non-hydrogen) atoms. The molecule has 0 saturated heterocycles. The normalized spacial score (nSPS) is 12.8. The van der Waals surface area contributed by atoms with Crippen molar-refractivity contribution in [3.05, 3.63) is 62.7 Å². The first-order valence-electron chi connectivity index (χ1n) is 5.83. The van der Waals surface area contributed by atoms with Crippen molar-refractivity contribution < 1.29 is 24.7 Å². The van der Waals surface area contributed by atoms with Gasteiger partial charge in [-0.15, -0.1) is 0 Å². The highest BCUT2D eigenvalue weighted by molar-refractivity contribution is 6.30. The summed E-state index contributed by atoms with van der Waals surface area (Å²) in [6.45, 7) is 0. The van der Waals surface area contributed by atoms with E-state index in [4.69, 9.17) is 0 Å². The molecule has 0 heterocycles. The standard InChI is InChI=1S/C14H7NO6/c16-9-5-8(15(20)21)14(19)11-10(9)12(17)6-3-1-2-4-7(6)13(11)18/h1-5,16,19H/p-1. The maximum atomic E-state index is 12.3. The van der Waals surface area contributed by atoms with Crippen LogP contribution in [0.4, 0.5) is 5.69 Å². The molecule has 1 aliphatic carbocycles. The molecule has 0 aliphatic heterocycles. The highest BCUT2D eigenvalue weighted by Gasteiger charge is 2.34. The fraction of sp³-hybridized carbons (Fsp3) is 0. The SMILES string of the molecule is O=C1c2ccccc2C(=O)c2c([O-])c([N+](=O)[O-])cc(O)c21. The summed E-state index contributed by atoms with van der Waals surface area (Å²) >= 11 is 0. The second kappa shape index (κ2) is 4.14. The van der Waals surface area contributed by atoms with Crippen LogP contribution in [0.5, 0.6) is 11.5 Å². The number of nitro benzene ring substituents is 1. The Morgan fingerprint density at radius 1 is 1.00 bits per heavy atom. The van der Waals surface area contributed by atoms with Gasteiger partial charge in [-0.3, -0.25) is 19.7 Å². The smallest absolute Gasteiger partial charge is 0.266 e. The molecule has 0 fully saturated rings. The van der Waals surface area contributed by atoms with Crippen LogP contribution in [0.1, 0.15) is 31.8 Å². The van der Waals surface area contributed by atoms with Gasteiger partial charge in [-0.1, -0.05) is 24.3 Å². The number of aromatic hydroxyl groups is 1. The number of benzene rings is 2. The van der Waals surface area contributed by atoms with E-state index >= 15 is 0 Å². The second-order valence-corrected chi connectivity index (χ2v) is 4.45. The second-order valence-electron chi connectivity index (χ2n) is 4.45. The van der Waals surface area contributed by atoms with Gasteiger partial charge in [0.05, 0.1) is 16.6 Å². The fourth-order valence-corrected chi connectivity index (χ4v) is 2.37. The number of nitro groups is 1. The Balaban J connectivity index is 2.41. The summed E-state index contributed by atoms with van der Waals surface area (Å²) in [5, 5.41) is 32.6. The summed E-state index contributed by atoms with van der Waals surface area (Å²) in [6.07, 6.45) is 0. The number of hydrogen-bond donors (Lipinski definition) is 1. The minimum Gasteiger partial charge on any atom is -0.867 e. The van der Waals surface area contributed by atoms with E-state index in [2.05, 4.69) is 0 Å². The van der Waals surface area contributed by atoms with Crippen molar-refractivity contribution in [3.63, 3.8) is 0 Å². The summed E-state index contributed by atoms with van der Waals surface area (Å²) in [7, 11) is 0. The molecule has 0 saturated carbocycles. The van der Waals surface area contributed by atoms with Gasteiger partial charge < -0.3 is 10.2 Å². The van der Waals surface area contributed by atoms with Crippen molar-refractivity contribution in [2.45, 2.75) is 0 Å². The topological polar surface area (TPSA) is 121 Å². The maximum Gasteiger partial charge on any atom is 0.266 e. The van der Waals surface area contributed by atoms with Crippen LogP contribution in [0.15, 0.2) is 30.3 Å². The van der Waals surface area contributed by atoms with Gasteiger partial charge in [0.15, 0.2) is 11.6 Å². The molecule has 7 nitrogen and oxygen atoms in total. The van der Waals surface area contributed by atoms with Crippen LogP contribution >= 0.6 is 0 Å². The quantitative estimate of drug-likeness (QED) is 0.528. The van der Waals surface area contributed by atoms with Crippen molar-refractivity contribution in [3.8, 4) is 11.5 Å². The van der Waals surface area contributed by atoms with E-state index in [-0.39, 0.29) is 11.1 Å². The minimum absolute atomic E-state index is 0.00741. The number of hydrogen-bond acceptors (Lipinski definition) is 6. The van der Waals surface area contributed by atoms with Gasteiger partial charge in [0.2, 0.25) is 0 Å². The molecule has 2 aromatic carbocycles. The molecule has 3 rings (SSSR count). The van der Waals surface area contributed by atoms with E-state index in [1.807, 2.05) is 0 Å². The first kappa shape index (κ1) is 12.8. The van der Waals surface area contributed by atoms with Gasteiger partial charge in [-0.05, 0) is 5.75 Å². The van der Waals surface area contributed by atoms with Gasteiger partial charge >= 0.3 is 0 Å². The van der Waals surface area contributed by atoms with E-state index in [1.54, 1.807) is 0 Å². The lowest BCUT2D eigenvalue weighted by atomic mass is 9.83. The molecule has 0 aromatic heterocycles. The van der Waals surface area contributed by atoms with E-state index in [0.717, 1.165) is 0 Å². The Morgan fingerprint density at radius 3 is 2.05 bits per heavy atom. The lowest BCUT2D eigenvalue weighted by molar-refractivity contribution is -0.398. The van der Waals surface area contributed by atoms with E-state index in [9.17, 15) is 29.9 Å². The number of fused-ring (bicyclic) bond motifs is 2. The Bertz CT molecular complexity index is 840. The van der Waals surface area contributed by atoms with Crippen LogP contribution in [0.2, 0.25) is 0 Å². The zero-order valence-corrected chi connectivity index (χ0v) is 10.3. The highest BCUT2D eigenvalue weighted by atomic mass is 16.6. The molecule has 0 spiro atoms. The molecule has 0 unspecified atom stereocenters. The van der Waals surface area contributed by atoms with Crippen molar-refractivity contribution in [2.24, 2.45) is 0 Å². The third-order valence-corrected chi connectivity index (χ3v) is 3.31. The zero-order chi connectivity index (χ0) is 15.3. The van der Waals surface area contributed by atoms with Crippen LogP contribution in [-0.4, -0.2) is 21.6 Å². The van der Waals surface area contributed by atoms with Crippen LogP contribution < -0.4 is 5.11 Å². The van der Waals surface area contributed by atoms with Crippen molar-refractivity contribution in [2.75, 3.05) is 0 Å². The summed E-state index contributed by atoms with van der Waals surface area (Å²) in [5.41, 5.74) is -2.02. The molecular formula is C14H6NO6-. The van der Waals surface area contributed by atoms with Crippen LogP contribution in [0.25, 0.3) is 0 Å². The lowest BCUT2D eigenvalue weighted by Gasteiger charge is -2.22. The van der Waals surface area contributed by atoms with Gasteiger partial charge in [-0.2, -0.15) is 0 Å². The number of carbonyl (C=O) groups is 2. The van der Waals surface area contributed by atoms with Gasteiger partial charge in [0.25, 0.3) is 5.69 Å². The van der Waals surface area contributed by atoms with Crippen LogP contribution in [-0.2, 0) is 0 Å². The van der Waals surface area contributed by atoms with E-state index < -0.39 is 44.8 Å². The molecule has 0 atom stereocenters. The third kappa shape index (κ3) is 1.61. The van der Waals surface area contributed by atoms with Crippen molar-refractivity contribution in [1.29, 1.82) is 0 Å². The molecule has 0 amide bonds. The Kier molecular flexibility index (Phi) is 2.52. The molecule has 104 valence electrons. The minimum atomic E-state index is -1.17. The lowest BCUT2D eigenvalue weighted by Crippen LogP contribution is -2.23. The highest BCUT2D eigenvalue weighted by Crippen LogP contribution is 2.41. The molecular weight excluding hydrogens is 278 g/mol.